The van der Waals surface area contributed by atoms with Crippen LogP contribution >= 0.6 is 20.1 Å². The maximum atomic E-state index is 11.4. The van der Waals surface area contributed by atoms with Crippen molar-refractivity contribution in [3.63, 3.8) is 0 Å². The van der Waals surface area contributed by atoms with Gasteiger partial charge in [-0.1, -0.05) is 0 Å². The summed E-state index contributed by atoms with van der Waals surface area (Å²) in [5.74, 6) is -0.115. The third kappa shape index (κ3) is 2.05. The van der Waals surface area contributed by atoms with E-state index in [0.717, 1.165) is 6.42 Å². The number of imidazole rings is 1. The molecule has 2 aromatic rings. The second-order valence-electron chi connectivity index (χ2n) is 7.54. The summed E-state index contributed by atoms with van der Waals surface area (Å²) in [7, 11) is 0.134. The Labute approximate surface area is 150 Å². The molecule has 1 unspecified atom stereocenters. The Hall–Kier alpha value is -1.34. The molecule has 25 heavy (non-hydrogen) atoms. The summed E-state index contributed by atoms with van der Waals surface area (Å²) in [6.07, 6.45) is 2.99. The third-order valence-electron chi connectivity index (χ3n) is 5.72. The number of rotatable bonds is 3. The van der Waals surface area contributed by atoms with E-state index in [-0.39, 0.29) is 43.2 Å². The van der Waals surface area contributed by atoms with Gasteiger partial charge in [0.25, 0.3) is 0 Å². The molecule has 0 aromatic carbocycles. The number of halogens is 1. The molecule has 0 bridgehead atoms. The topological polar surface area (TPSA) is 105 Å². The predicted molar refractivity (Wildman–Crippen MR) is 90.6 cm³/mol. The van der Waals surface area contributed by atoms with Crippen LogP contribution < -0.4 is 5.73 Å². The van der Waals surface area contributed by atoms with Crippen molar-refractivity contribution in [3.05, 3.63) is 11.6 Å². The van der Waals surface area contributed by atoms with Crippen LogP contribution in [-0.4, -0.2) is 43.7 Å². The van der Waals surface area contributed by atoms with Crippen LogP contribution in [0.25, 0.3) is 11.2 Å². The Morgan fingerprint density at radius 1 is 1.44 bits per heavy atom. The Morgan fingerprint density at radius 3 is 3.00 bits per heavy atom. The molecule has 1 aliphatic heterocycles. The number of nitrogens with two attached hydrogens (primary N) is 1. The molecule has 0 radical (unpaired) electrons. The van der Waals surface area contributed by atoms with Gasteiger partial charge in [-0.05, 0) is 37.8 Å². The van der Waals surface area contributed by atoms with E-state index >= 15 is 0 Å². The quantitative estimate of drug-likeness (QED) is 0.643. The number of hydrogen-bond acceptors (Lipinski definition) is 7. The van der Waals surface area contributed by atoms with E-state index in [2.05, 4.69) is 15.0 Å². The lowest BCUT2D eigenvalue weighted by atomic mass is 10.0. The van der Waals surface area contributed by atoms with Crippen LogP contribution in [0.15, 0.2) is 6.33 Å². The first-order chi connectivity index (χ1) is 11.9. The van der Waals surface area contributed by atoms with Crippen molar-refractivity contribution < 1.29 is 14.0 Å². The van der Waals surface area contributed by atoms with E-state index < -0.39 is 5.79 Å². The van der Waals surface area contributed by atoms with E-state index in [4.69, 9.17) is 26.8 Å². The standard InChI is InChI=1S/C15H17ClN5O3P/c1-14(2)23-9-8(6-3-15(6,4-25-22)10(9)24-14)21-5-18-7-11(17)19-13(16)20-12(7)21/h5-6,8-10H,3-4H2,1-2H3,(H2,17,19,20)/t6-,8-,9-,10?,15+/m1/s1. The molecule has 3 aliphatic rings. The highest BCUT2D eigenvalue weighted by Gasteiger charge is 2.75. The molecule has 8 nitrogen and oxygen atoms in total. The Balaban J connectivity index is 1.64. The first kappa shape index (κ1) is 15.9. The molecule has 2 N–H and O–H groups in total. The second-order valence-corrected chi connectivity index (χ2v) is 8.46. The summed E-state index contributed by atoms with van der Waals surface area (Å²) < 4.78 is 25.7. The highest BCUT2D eigenvalue weighted by molar-refractivity contribution is 7.23. The molecular weight excluding hydrogens is 365 g/mol. The Morgan fingerprint density at radius 2 is 2.24 bits per heavy atom. The monoisotopic (exact) mass is 381 g/mol. The Bertz CT molecular complexity index is 905. The van der Waals surface area contributed by atoms with Crippen LogP contribution in [0.1, 0.15) is 26.3 Å². The fraction of sp³-hybridized carbons (Fsp3) is 0.667. The van der Waals surface area contributed by atoms with Gasteiger partial charge in [0.15, 0.2) is 25.7 Å². The van der Waals surface area contributed by atoms with Gasteiger partial charge in [-0.15, -0.1) is 0 Å². The van der Waals surface area contributed by atoms with Crippen molar-refractivity contribution in [2.75, 3.05) is 11.9 Å². The summed E-state index contributed by atoms with van der Waals surface area (Å²) in [6.45, 7) is 3.82. The van der Waals surface area contributed by atoms with Gasteiger partial charge in [-0.25, -0.2) is 4.98 Å². The minimum absolute atomic E-state index is 0.0103. The zero-order valence-electron chi connectivity index (χ0n) is 13.7. The van der Waals surface area contributed by atoms with Crippen LogP contribution in [0.2, 0.25) is 5.28 Å². The average Bonchev–Trinajstić information content (AvgIpc) is 2.80. The summed E-state index contributed by atoms with van der Waals surface area (Å²) in [6, 6.07) is -0.0103. The van der Waals surface area contributed by atoms with E-state index in [1.165, 1.54) is 0 Å². The van der Waals surface area contributed by atoms with Crippen molar-refractivity contribution in [3.8, 4) is 0 Å². The largest absolute Gasteiger partial charge is 0.382 e. The van der Waals surface area contributed by atoms with Gasteiger partial charge in [0, 0.05) is 11.6 Å². The number of fused-ring (bicyclic) bond motifs is 4. The molecule has 10 heteroatoms. The van der Waals surface area contributed by atoms with Crippen molar-refractivity contribution in [2.24, 2.45) is 11.3 Å². The zero-order valence-corrected chi connectivity index (χ0v) is 15.4. The minimum atomic E-state index is -0.671. The summed E-state index contributed by atoms with van der Waals surface area (Å²) in [5.41, 5.74) is 6.93. The third-order valence-corrected chi connectivity index (χ3v) is 6.61. The van der Waals surface area contributed by atoms with E-state index in [0.29, 0.717) is 23.2 Å². The molecule has 0 spiro atoms. The smallest absolute Gasteiger partial charge is 0.226 e. The molecule has 0 amide bonds. The van der Waals surface area contributed by atoms with Crippen LogP contribution in [0.5, 0.6) is 0 Å². The molecular formula is C15H17ClN5O3P. The summed E-state index contributed by atoms with van der Waals surface area (Å²) >= 11 is 6.00. The molecule has 3 heterocycles. The van der Waals surface area contributed by atoms with Crippen LogP contribution in [0.3, 0.4) is 0 Å². The van der Waals surface area contributed by atoms with Gasteiger partial charge in [-0.2, -0.15) is 9.97 Å². The lowest BCUT2D eigenvalue weighted by molar-refractivity contribution is -0.160. The molecule has 5 atom stereocenters. The normalized spacial score (nSPS) is 38.2. The SMILES string of the molecule is CC1(C)OC2[C@H](O1)[C@H](n1cnc3c(N)nc(Cl)nc31)[C@H]1C[C@@]21CP=O. The maximum absolute atomic E-state index is 11.4. The Kier molecular flexibility index (Phi) is 3.10. The van der Waals surface area contributed by atoms with E-state index in [1.807, 2.05) is 18.4 Å². The summed E-state index contributed by atoms with van der Waals surface area (Å²) in [5, 5.41) is 0.0883. The van der Waals surface area contributed by atoms with Gasteiger partial charge in [0.2, 0.25) is 5.28 Å². The summed E-state index contributed by atoms with van der Waals surface area (Å²) in [4.78, 5) is 12.7. The molecule has 132 valence electrons. The van der Waals surface area contributed by atoms with Crippen LogP contribution in [0.4, 0.5) is 5.82 Å². The molecule has 2 aliphatic carbocycles. The molecule has 2 aromatic heterocycles. The number of anilines is 1. The van der Waals surface area contributed by atoms with Crippen LogP contribution in [0, 0.1) is 11.3 Å². The highest BCUT2D eigenvalue weighted by Crippen LogP contribution is 2.72. The van der Waals surface area contributed by atoms with Crippen molar-refractivity contribution in [1.82, 2.24) is 19.5 Å². The lowest BCUT2D eigenvalue weighted by Gasteiger charge is -2.24. The predicted octanol–water partition coefficient (Wildman–Crippen LogP) is 2.43. The fourth-order valence-electron chi connectivity index (χ4n) is 4.72. The molecule has 3 fully saturated rings. The van der Waals surface area contributed by atoms with Crippen LogP contribution in [-0.2, 0) is 14.0 Å². The molecule has 2 saturated carbocycles. The number of ether oxygens (including phenoxy) is 2. The average molecular weight is 382 g/mol. The number of nitrogen functional groups attached to an aromatic ring is 1. The van der Waals surface area contributed by atoms with Gasteiger partial charge in [0.05, 0.1) is 18.5 Å². The number of nitrogens with zero attached hydrogens (tertiary/aromatic N) is 4. The minimum Gasteiger partial charge on any atom is -0.382 e. The molecule has 1 saturated heterocycles. The van der Waals surface area contributed by atoms with Crippen molar-refractivity contribution in [2.45, 2.75) is 44.3 Å². The van der Waals surface area contributed by atoms with Gasteiger partial charge >= 0.3 is 0 Å². The van der Waals surface area contributed by atoms with Gasteiger partial charge < -0.3 is 19.8 Å². The number of hydrogen-bond donors (Lipinski definition) is 1. The molecule has 5 rings (SSSR count). The number of aromatic nitrogens is 4. The fourth-order valence-corrected chi connectivity index (χ4v) is 5.68. The second kappa shape index (κ2) is 4.88. The van der Waals surface area contributed by atoms with Crippen molar-refractivity contribution >= 4 is 37.0 Å². The highest BCUT2D eigenvalue weighted by atomic mass is 35.5. The van der Waals surface area contributed by atoms with Gasteiger partial charge in [0.1, 0.15) is 11.6 Å². The first-order valence-corrected chi connectivity index (χ1v) is 9.54. The van der Waals surface area contributed by atoms with E-state index in [1.54, 1.807) is 6.33 Å². The first-order valence-electron chi connectivity index (χ1n) is 8.17. The maximum Gasteiger partial charge on any atom is 0.226 e. The lowest BCUT2D eigenvalue weighted by Crippen LogP contribution is -2.32. The van der Waals surface area contributed by atoms with Crippen molar-refractivity contribution in [1.29, 1.82) is 0 Å². The zero-order chi connectivity index (χ0) is 17.6. The van der Waals surface area contributed by atoms with E-state index in [9.17, 15) is 4.57 Å². The van der Waals surface area contributed by atoms with Gasteiger partial charge in [-0.3, -0.25) is 4.57 Å².